The molecular weight excluding hydrogens is 278 g/mol. The van der Waals surface area contributed by atoms with Crippen molar-refractivity contribution in [2.45, 2.75) is 13.8 Å². The molecule has 20 heavy (non-hydrogen) atoms. The molecule has 1 aromatic carbocycles. The smallest absolute Gasteiger partial charge is 0.276 e. The van der Waals surface area contributed by atoms with Gasteiger partial charge in [-0.15, -0.1) is 11.3 Å². The number of benzene rings is 1. The van der Waals surface area contributed by atoms with Crippen LogP contribution in [-0.2, 0) is 9.59 Å². The van der Waals surface area contributed by atoms with Crippen molar-refractivity contribution < 1.29 is 14.4 Å². The Bertz CT molecular complexity index is 750. The van der Waals surface area contributed by atoms with E-state index in [1.165, 1.54) is 25.2 Å². The van der Waals surface area contributed by atoms with Crippen LogP contribution in [0, 0.1) is 5.41 Å². The fraction of sp³-hybridized carbons (Fsp3) is 0.231. The Balaban J connectivity index is 2.09. The Kier molecular flexibility index (Phi) is 2.62. The Labute approximate surface area is 118 Å². The van der Waals surface area contributed by atoms with Crippen molar-refractivity contribution in [1.82, 2.24) is 10.3 Å². The number of carbonyl (C=O) groups is 3. The maximum Gasteiger partial charge on any atom is 0.335 e. The second kappa shape index (κ2) is 4.11. The molecule has 102 valence electrons. The lowest BCUT2D eigenvalue weighted by Gasteiger charge is -2.34. The fourth-order valence-electron chi connectivity index (χ4n) is 2.00. The first-order chi connectivity index (χ1) is 9.41. The van der Waals surface area contributed by atoms with E-state index in [1.54, 1.807) is 23.7 Å². The second-order valence-electron chi connectivity index (χ2n) is 5.03. The third-order valence-electron chi connectivity index (χ3n) is 3.30. The maximum absolute atomic E-state index is 12.4. The van der Waals surface area contributed by atoms with E-state index in [1.807, 2.05) is 0 Å². The number of nitrogens with one attached hydrogen (secondary N) is 1. The van der Waals surface area contributed by atoms with Gasteiger partial charge >= 0.3 is 6.03 Å². The zero-order chi connectivity index (χ0) is 14.5. The van der Waals surface area contributed by atoms with Crippen LogP contribution in [0.5, 0.6) is 0 Å². The number of barbiturate groups is 1. The van der Waals surface area contributed by atoms with Crippen LogP contribution in [0.1, 0.15) is 13.8 Å². The lowest BCUT2D eigenvalue weighted by Crippen LogP contribution is -2.62. The summed E-state index contributed by atoms with van der Waals surface area (Å²) >= 11 is 1.42. The van der Waals surface area contributed by atoms with E-state index in [4.69, 9.17) is 0 Å². The molecule has 3 rings (SSSR count). The van der Waals surface area contributed by atoms with E-state index in [-0.39, 0.29) is 0 Å². The van der Waals surface area contributed by atoms with Gasteiger partial charge in [0.15, 0.2) is 0 Å². The largest absolute Gasteiger partial charge is 0.335 e. The minimum atomic E-state index is -1.27. The normalized spacial score (nSPS) is 18.5. The zero-order valence-electron chi connectivity index (χ0n) is 10.8. The van der Waals surface area contributed by atoms with E-state index in [9.17, 15) is 14.4 Å². The van der Waals surface area contributed by atoms with Gasteiger partial charge in [0.05, 0.1) is 21.4 Å². The molecule has 2 aromatic rings. The minimum Gasteiger partial charge on any atom is -0.276 e. The van der Waals surface area contributed by atoms with Crippen molar-refractivity contribution in [3.8, 4) is 0 Å². The van der Waals surface area contributed by atoms with Gasteiger partial charge in [-0.2, -0.15) is 0 Å². The van der Waals surface area contributed by atoms with Gasteiger partial charge in [0.2, 0.25) is 11.8 Å². The molecule has 0 bridgehead atoms. The number of rotatable bonds is 1. The highest BCUT2D eigenvalue weighted by Crippen LogP contribution is 2.30. The zero-order valence-corrected chi connectivity index (χ0v) is 11.7. The Morgan fingerprint density at radius 2 is 2.00 bits per heavy atom. The molecule has 4 amide bonds. The molecule has 1 N–H and O–H groups in total. The molecular formula is C13H11N3O3S. The lowest BCUT2D eigenvalue weighted by molar-refractivity contribution is -0.140. The summed E-state index contributed by atoms with van der Waals surface area (Å²) in [6.45, 7) is 2.99. The van der Waals surface area contributed by atoms with Gasteiger partial charge in [0.1, 0.15) is 5.41 Å². The van der Waals surface area contributed by atoms with Crippen LogP contribution in [-0.4, -0.2) is 22.8 Å². The van der Waals surface area contributed by atoms with Crippen molar-refractivity contribution in [2.75, 3.05) is 4.90 Å². The molecule has 1 fully saturated rings. The molecule has 1 aliphatic rings. The van der Waals surface area contributed by atoms with Crippen LogP contribution in [0.3, 0.4) is 0 Å². The molecule has 0 atom stereocenters. The van der Waals surface area contributed by atoms with Gasteiger partial charge in [-0.3, -0.25) is 14.9 Å². The summed E-state index contributed by atoms with van der Waals surface area (Å²) in [6.07, 6.45) is 0. The van der Waals surface area contributed by atoms with E-state index in [2.05, 4.69) is 10.3 Å². The van der Waals surface area contributed by atoms with Crippen LogP contribution < -0.4 is 10.2 Å². The van der Waals surface area contributed by atoms with Crippen molar-refractivity contribution >= 4 is 45.1 Å². The number of nitrogens with zero attached hydrogens (tertiary/aromatic N) is 2. The van der Waals surface area contributed by atoms with Crippen LogP contribution in [0.2, 0.25) is 0 Å². The van der Waals surface area contributed by atoms with Gasteiger partial charge in [-0.05, 0) is 32.0 Å². The van der Waals surface area contributed by atoms with Crippen LogP contribution in [0.15, 0.2) is 23.7 Å². The first-order valence-electron chi connectivity index (χ1n) is 5.94. The number of anilines is 1. The number of aromatic nitrogens is 1. The quantitative estimate of drug-likeness (QED) is 0.813. The Morgan fingerprint density at radius 1 is 1.25 bits per heavy atom. The maximum atomic E-state index is 12.4. The summed E-state index contributed by atoms with van der Waals surface area (Å²) in [5.74, 6) is -1.11. The van der Waals surface area contributed by atoms with E-state index in [0.29, 0.717) is 5.69 Å². The van der Waals surface area contributed by atoms with E-state index < -0.39 is 23.3 Å². The SMILES string of the molecule is CC1(C)C(=O)NC(=O)N(c2ccc3ncsc3c2)C1=O. The average Bonchev–Trinajstić information content (AvgIpc) is 2.84. The Morgan fingerprint density at radius 3 is 2.75 bits per heavy atom. The van der Waals surface area contributed by atoms with Crippen molar-refractivity contribution in [2.24, 2.45) is 5.41 Å². The summed E-state index contributed by atoms with van der Waals surface area (Å²) in [7, 11) is 0. The molecule has 0 spiro atoms. The number of hydrogen-bond acceptors (Lipinski definition) is 5. The van der Waals surface area contributed by atoms with Gasteiger partial charge in [0, 0.05) is 0 Å². The molecule has 1 saturated heterocycles. The van der Waals surface area contributed by atoms with Gasteiger partial charge in [-0.1, -0.05) is 0 Å². The van der Waals surface area contributed by atoms with Crippen LogP contribution in [0.4, 0.5) is 10.5 Å². The average molecular weight is 289 g/mol. The van der Waals surface area contributed by atoms with Crippen molar-refractivity contribution in [3.63, 3.8) is 0 Å². The summed E-state index contributed by atoms with van der Waals surface area (Å²) < 4.78 is 0.873. The number of amides is 4. The third-order valence-corrected chi connectivity index (χ3v) is 4.09. The summed E-state index contributed by atoms with van der Waals surface area (Å²) in [6, 6.07) is 4.38. The summed E-state index contributed by atoms with van der Waals surface area (Å²) in [5.41, 5.74) is 1.67. The van der Waals surface area contributed by atoms with E-state index in [0.717, 1.165) is 15.1 Å². The van der Waals surface area contributed by atoms with E-state index >= 15 is 0 Å². The highest BCUT2D eigenvalue weighted by atomic mass is 32.1. The van der Waals surface area contributed by atoms with Crippen molar-refractivity contribution in [1.29, 1.82) is 0 Å². The number of carbonyl (C=O) groups excluding carboxylic acids is 3. The topological polar surface area (TPSA) is 79.4 Å². The van der Waals surface area contributed by atoms with Gasteiger partial charge in [0.25, 0.3) is 0 Å². The monoisotopic (exact) mass is 289 g/mol. The van der Waals surface area contributed by atoms with Gasteiger partial charge in [-0.25, -0.2) is 14.7 Å². The number of urea groups is 1. The highest BCUT2D eigenvalue weighted by Gasteiger charge is 2.47. The molecule has 2 heterocycles. The van der Waals surface area contributed by atoms with Crippen molar-refractivity contribution in [3.05, 3.63) is 23.7 Å². The highest BCUT2D eigenvalue weighted by molar-refractivity contribution is 7.16. The molecule has 0 saturated carbocycles. The summed E-state index contributed by atoms with van der Waals surface area (Å²) in [4.78, 5) is 41.2. The summed E-state index contributed by atoms with van der Waals surface area (Å²) in [5, 5.41) is 2.21. The number of fused-ring (bicyclic) bond motifs is 1. The number of thiazole rings is 1. The van der Waals surface area contributed by atoms with Gasteiger partial charge < -0.3 is 0 Å². The minimum absolute atomic E-state index is 0.435. The number of hydrogen-bond donors (Lipinski definition) is 1. The molecule has 0 aliphatic carbocycles. The molecule has 0 unspecified atom stereocenters. The molecule has 1 aliphatic heterocycles. The molecule has 6 nitrogen and oxygen atoms in total. The predicted octanol–water partition coefficient (Wildman–Crippen LogP) is 1.91. The predicted molar refractivity (Wildman–Crippen MR) is 74.4 cm³/mol. The Hall–Kier alpha value is -2.28. The fourth-order valence-corrected chi connectivity index (χ4v) is 2.71. The second-order valence-corrected chi connectivity index (χ2v) is 5.92. The third kappa shape index (κ3) is 1.70. The van der Waals surface area contributed by atoms with Crippen LogP contribution in [0.25, 0.3) is 10.2 Å². The standard InChI is InChI=1S/C13H11N3O3S/c1-13(2)10(17)15-12(19)16(11(13)18)7-3-4-8-9(5-7)20-6-14-8/h3-6H,1-2H3,(H,15,17,19). The first-order valence-corrected chi connectivity index (χ1v) is 6.82. The molecule has 1 aromatic heterocycles. The molecule has 7 heteroatoms. The van der Waals surface area contributed by atoms with Crippen LogP contribution >= 0.6 is 11.3 Å². The first kappa shape index (κ1) is 12.7. The molecule has 0 radical (unpaired) electrons. The lowest BCUT2D eigenvalue weighted by atomic mass is 9.88. The number of imide groups is 2.